The molecular formula is C18H27N3O. The molecule has 4 heteroatoms. The molecule has 0 aliphatic heterocycles. The van der Waals surface area contributed by atoms with E-state index in [1.54, 1.807) is 0 Å². The third-order valence-corrected chi connectivity index (χ3v) is 4.13. The molecule has 2 rings (SSSR count). The van der Waals surface area contributed by atoms with Crippen molar-refractivity contribution in [3.8, 4) is 0 Å². The van der Waals surface area contributed by atoms with E-state index in [0.717, 1.165) is 31.6 Å². The lowest BCUT2D eigenvalue weighted by Gasteiger charge is -2.13. The van der Waals surface area contributed by atoms with Crippen molar-refractivity contribution in [1.82, 2.24) is 15.1 Å². The molecular weight excluding hydrogens is 274 g/mol. The van der Waals surface area contributed by atoms with Gasteiger partial charge in [-0.15, -0.1) is 0 Å². The largest absolute Gasteiger partial charge is 0.396 e. The van der Waals surface area contributed by atoms with Gasteiger partial charge < -0.3 is 10.4 Å². The summed E-state index contributed by atoms with van der Waals surface area (Å²) in [7, 11) is 0. The Morgan fingerprint density at radius 2 is 1.95 bits per heavy atom. The fraction of sp³-hybridized carbons (Fsp3) is 0.500. The molecule has 0 fully saturated rings. The maximum absolute atomic E-state index is 8.89. The highest BCUT2D eigenvalue weighted by molar-refractivity contribution is 5.26. The Hall–Kier alpha value is -1.65. The first-order chi connectivity index (χ1) is 10.6. The van der Waals surface area contributed by atoms with Gasteiger partial charge in [-0.3, -0.25) is 4.68 Å². The Morgan fingerprint density at radius 3 is 2.64 bits per heavy atom. The number of aryl methyl sites for hydroxylation is 1. The summed E-state index contributed by atoms with van der Waals surface area (Å²) in [5.74, 6) is 0. The van der Waals surface area contributed by atoms with Gasteiger partial charge in [0.2, 0.25) is 0 Å². The minimum absolute atomic E-state index is 0.263. The predicted octanol–water partition coefficient (Wildman–Crippen LogP) is 2.80. The lowest BCUT2D eigenvalue weighted by atomic mass is 10.1. The first-order valence-electron chi connectivity index (χ1n) is 8.03. The Bertz CT molecular complexity index is 578. The summed E-state index contributed by atoms with van der Waals surface area (Å²) in [6.45, 7) is 8.28. The molecule has 1 heterocycles. The van der Waals surface area contributed by atoms with Gasteiger partial charge in [0.25, 0.3) is 0 Å². The van der Waals surface area contributed by atoms with Crippen LogP contribution in [-0.4, -0.2) is 27.5 Å². The minimum Gasteiger partial charge on any atom is -0.396 e. The molecule has 120 valence electrons. The lowest BCUT2D eigenvalue weighted by molar-refractivity contribution is 0.276. The second-order valence-electron chi connectivity index (χ2n) is 5.94. The summed E-state index contributed by atoms with van der Waals surface area (Å²) < 4.78 is 2.08. The standard InChI is InChI=1S/C18H27N3O/c1-14(8-7-11-22)19-12-18-15(2)20-21(16(18)3)13-17-9-5-4-6-10-17/h4-6,9-10,14,19,22H,7-8,11-13H2,1-3H3. The van der Waals surface area contributed by atoms with Gasteiger partial charge >= 0.3 is 0 Å². The van der Waals surface area contributed by atoms with Crippen molar-refractivity contribution >= 4 is 0 Å². The average Bonchev–Trinajstić information content (AvgIpc) is 2.78. The van der Waals surface area contributed by atoms with Gasteiger partial charge in [-0.25, -0.2) is 0 Å². The third kappa shape index (κ3) is 4.42. The zero-order valence-electron chi connectivity index (χ0n) is 13.8. The van der Waals surface area contributed by atoms with Crippen molar-refractivity contribution in [2.45, 2.75) is 52.7 Å². The third-order valence-electron chi connectivity index (χ3n) is 4.13. The molecule has 0 saturated heterocycles. The van der Waals surface area contributed by atoms with Gasteiger partial charge in [-0.05, 0) is 39.2 Å². The SMILES string of the molecule is Cc1nn(Cc2ccccc2)c(C)c1CNC(C)CCCO. The molecule has 0 amide bonds. The molecule has 0 aliphatic rings. The molecule has 22 heavy (non-hydrogen) atoms. The van der Waals surface area contributed by atoms with Gasteiger partial charge in [0.15, 0.2) is 0 Å². The number of hydrogen-bond acceptors (Lipinski definition) is 3. The van der Waals surface area contributed by atoms with E-state index in [4.69, 9.17) is 5.11 Å². The van der Waals surface area contributed by atoms with E-state index < -0.39 is 0 Å². The van der Waals surface area contributed by atoms with E-state index in [1.807, 2.05) is 6.07 Å². The molecule has 1 atom stereocenters. The Labute approximate surface area is 133 Å². The van der Waals surface area contributed by atoms with Gasteiger partial charge in [0.1, 0.15) is 0 Å². The molecule has 0 radical (unpaired) electrons. The number of aliphatic hydroxyl groups is 1. The first-order valence-corrected chi connectivity index (χ1v) is 8.03. The van der Waals surface area contributed by atoms with E-state index in [9.17, 15) is 0 Å². The van der Waals surface area contributed by atoms with E-state index in [0.29, 0.717) is 6.04 Å². The highest BCUT2D eigenvalue weighted by Gasteiger charge is 2.12. The van der Waals surface area contributed by atoms with Crippen molar-refractivity contribution < 1.29 is 5.11 Å². The number of benzene rings is 1. The molecule has 2 N–H and O–H groups in total. The average molecular weight is 301 g/mol. The van der Waals surface area contributed by atoms with Gasteiger partial charge in [-0.2, -0.15) is 5.10 Å². The predicted molar refractivity (Wildman–Crippen MR) is 89.9 cm³/mol. The monoisotopic (exact) mass is 301 g/mol. The summed E-state index contributed by atoms with van der Waals surface area (Å²) in [6.07, 6.45) is 1.84. The van der Waals surface area contributed by atoms with Crippen LogP contribution in [-0.2, 0) is 13.1 Å². The molecule has 4 nitrogen and oxygen atoms in total. The summed E-state index contributed by atoms with van der Waals surface area (Å²) in [5, 5.41) is 17.1. The van der Waals surface area contributed by atoms with Crippen molar-refractivity contribution in [3.63, 3.8) is 0 Å². The smallest absolute Gasteiger partial charge is 0.0662 e. The number of nitrogens with zero attached hydrogens (tertiary/aromatic N) is 2. The second-order valence-corrected chi connectivity index (χ2v) is 5.94. The quantitative estimate of drug-likeness (QED) is 0.788. The van der Waals surface area contributed by atoms with Crippen LogP contribution in [0, 0.1) is 13.8 Å². The number of aromatic nitrogens is 2. The van der Waals surface area contributed by atoms with Crippen LogP contribution < -0.4 is 5.32 Å². The van der Waals surface area contributed by atoms with Crippen molar-refractivity contribution in [1.29, 1.82) is 0 Å². The number of aliphatic hydroxyl groups excluding tert-OH is 1. The highest BCUT2D eigenvalue weighted by Crippen LogP contribution is 2.15. The fourth-order valence-electron chi connectivity index (χ4n) is 2.68. The fourth-order valence-corrected chi connectivity index (χ4v) is 2.68. The van der Waals surface area contributed by atoms with Crippen LogP contribution in [0.1, 0.15) is 42.3 Å². The van der Waals surface area contributed by atoms with E-state index in [2.05, 4.69) is 60.1 Å². The maximum atomic E-state index is 8.89. The van der Waals surface area contributed by atoms with Crippen LogP contribution in [0.15, 0.2) is 30.3 Å². The molecule has 1 aromatic carbocycles. The van der Waals surface area contributed by atoms with Crippen LogP contribution in [0.4, 0.5) is 0 Å². The van der Waals surface area contributed by atoms with Crippen LogP contribution in [0.3, 0.4) is 0 Å². The first kappa shape index (κ1) is 16.7. The molecule has 0 bridgehead atoms. The minimum atomic E-state index is 0.263. The van der Waals surface area contributed by atoms with Crippen molar-refractivity contribution in [3.05, 3.63) is 52.8 Å². The van der Waals surface area contributed by atoms with Gasteiger partial charge in [-0.1, -0.05) is 30.3 Å². The molecule has 1 aromatic heterocycles. The maximum Gasteiger partial charge on any atom is 0.0662 e. The van der Waals surface area contributed by atoms with E-state index in [-0.39, 0.29) is 6.61 Å². The summed E-state index contributed by atoms with van der Waals surface area (Å²) in [6, 6.07) is 10.8. The Balaban J connectivity index is 2.01. The Kier molecular flexibility index (Phi) is 6.16. The van der Waals surface area contributed by atoms with Gasteiger partial charge in [0, 0.05) is 30.5 Å². The Morgan fingerprint density at radius 1 is 1.23 bits per heavy atom. The topological polar surface area (TPSA) is 50.1 Å². The van der Waals surface area contributed by atoms with Crippen LogP contribution in [0.2, 0.25) is 0 Å². The number of nitrogens with one attached hydrogen (secondary N) is 1. The number of rotatable bonds is 8. The zero-order chi connectivity index (χ0) is 15.9. The van der Waals surface area contributed by atoms with Crippen LogP contribution >= 0.6 is 0 Å². The van der Waals surface area contributed by atoms with Crippen molar-refractivity contribution in [2.24, 2.45) is 0 Å². The molecule has 2 aromatic rings. The van der Waals surface area contributed by atoms with Crippen LogP contribution in [0.5, 0.6) is 0 Å². The normalized spacial score (nSPS) is 12.5. The van der Waals surface area contributed by atoms with Crippen molar-refractivity contribution in [2.75, 3.05) is 6.61 Å². The number of hydrogen-bond donors (Lipinski definition) is 2. The second kappa shape index (κ2) is 8.11. The molecule has 0 saturated carbocycles. The summed E-state index contributed by atoms with van der Waals surface area (Å²) in [5.41, 5.74) is 4.87. The molecule has 0 spiro atoms. The zero-order valence-corrected chi connectivity index (χ0v) is 13.8. The highest BCUT2D eigenvalue weighted by atomic mass is 16.2. The van der Waals surface area contributed by atoms with E-state index in [1.165, 1.54) is 16.8 Å². The van der Waals surface area contributed by atoms with E-state index >= 15 is 0 Å². The van der Waals surface area contributed by atoms with Gasteiger partial charge in [0.05, 0.1) is 12.2 Å². The molecule has 1 unspecified atom stereocenters. The lowest BCUT2D eigenvalue weighted by Crippen LogP contribution is -2.26. The summed E-state index contributed by atoms with van der Waals surface area (Å²) in [4.78, 5) is 0. The molecule has 0 aliphatic carbocycles. The summed E-state index contributed by atoms with van der Waals surface area (Å²) >= 11 is 0. The van der Waals surface area contributed by atoms with Crippen LogP contribution in [0.25, 0.3) is 0 Å².